The largest absolute Gasteiger partial charge is 0.397 e. The van der Waals surface area contributed by atoms with Gasteiger partial charge >= 0.3 is 0 Å². The lowest BCUT2D eigenvalue weighted by Gasteiger charge is -2.28. The Balaban J connectivity index is 2.36. The van der Waals surface area contributed by atoms with Crippen LogP contribution in [0.25, 0.3) is 0 Å². The number of nitriles is 1. The topological polar surface area (TPSA) is 53.0 Å². The molecule has 2 aromatic rings. The molecule has 0 radical (unpaired) electrons. The minimum absolute atomic E-state index is 0.102. The zero-order chi connectivity index (χ0) is 14.7. The molecule has 0 aliphatic heterocycles. The van der Waals surface area contributed by atoms with Crippen molar-refractivity contribution in [3.63, 3.8) is 0 Å². The summed E-state index contributed by atoms with van der Waals surface area (Å²) in [5, 5.41) is 9.71. The van der Waals surface area contributed by atoms with E-state index in [4.69, 9.17) is 22.6 Å². The molecule has 0 saturated carbocycles. The van der Waals surface area contributed by atoms with Crippen LogP contribution in [0.1, 0.15) is 24.1 Å². The molecule has 0 heterocycles. The summed E-state index contributed by atoms with van der Waals surface area (Å²) in [5.41, 5.74) is 9.21. The van der Waals surface area contributed by atoms with Crippen molar-refractivity contribution in [3.8, 4) is 6.07 Å². The van der Waals surface area contributed by atoms with Crippen molar-refractivity contribution < 1.29 is 0 Å². The Bertz CT molecular complexity index is 661. The van der Waals surface area contributed by atoms with Crippen LogP contribution in [0.15, 0.2) is 42.5 Å². The highest BCUT2D eigenvalue weighted by Gasteiger charge is 2.15. The lowest BCUT2D eigenvalue weighted by Crippen LogP contribution is -2.22. The van der Waals surface area contributed by atoms with Crippen LogP contribution < -0.4 is 10.6 Å². The Morgan fingerprint density at radius 2 is 2.00 bits per heavy atom. The van der Waals surface area contributed by atoms with Gasteiger partial charge in [0.2, 0.25) is 0 Å². The second kappa shape index (κ2) is 5.85. The van der Waals surface area contributed by atoms with Gasteiger partial charge in [0.25, 0.3) is 0 Å². The maximum absolute atomic E-state index is 9.00. The zero-order valence-corrected chi connectivity index (χ0v) is 12.2. The number of anilines is 2. The first-order valence-electron chi connectivity index (χ1n) is 6.31. The summed E-state index contributed by atoms with van der Waals surface area (Å²) in [7, 11) is 1.96. The quantitative estimate of drug-likeness (QED) is 0.868. The first kappa shape index (κ1) is 14.2. The summed E-state index contributed by atoms with van der Waals surface area (Å²) >= 11 is 6.03. The Labute approximate surface area is 124 Å². The molecule has 1 atom stereocenters. The number of halogens is 1. The smallest absolute Gasteiger partial charge is 0.0992 e. The SMILES string of the molecule is CC(c1cccc(Cl)c1)N(C)c1cc(C#N)ccc1N. The third kappa shape index (κ3) is 2.87. The van der Waals surface area contributed by atoms with E-state index in [0.29, 0.717) is 16.3 Å². The fourth-order valence-corrected chi connectivity index (χ4v) is 2.32. The van der Waals surface area contributed by atoms with E-state index in [2.05, 4.69) is 13.0 Å². The Morgan fingerprint density at radius 3 is 2.65 bits per heavy atom. The molecule has 2 N–H and O–H groups in total. The van der Waals surface area contributed by atoms with Gasteiger partial charge in [-0.3, -0.25) is 0 Å². The van der Waals surface area contributed by atoms with Gasteiger partial charge in [0.1, 0.15) is 0 Å². The zero-order valence-electron chi connectivity index (χ0n) is 11.5. The molecule has 1 unspecified atom stereocenters. The minimum atomic E-state index is 0.102. The van der Waals surface area contributed by atoms with Crippen molar-refractivity contribution in [2.75, 3.05) is 17.7 Å². The fraction of sp³-hybridized carbons (Fsp3) is 0.188. The number of nitrogens with two attached hydrogens (primary N) is 1. The molecule has 0 fully saturated rings. The van der Waals surface area contributed by atoms with E-state index >= 15 is 0 Å². The van der Waals surface area contributed by atoms with Gasteiger partial charge in [0, 0.05) is 12.1 Å². The third-order valence-corrected chi connectivity index (χ3v) is 3.69. The average molecular weight is 286 g/mol. The summed E-state index contributed by atoms with van der Waals surface area (Å²) < 4.78 is 0. The molecule has 0 aliphatic rings. The van der Waals surface area contributed by atoms with Crippen LogP contribution in [0, 0.1) is 11.3 Å². The molecule has 0 aliphatic carbocycles. The van der Waals surface area contributed by atoms with Gasteiger partial charge in [-0.1, -0.05) is 23.7 Å². The molecule has 3 nitrogen and oxygen atoms in total. The minimum Gasteiger partial charge on any atom is -0.397 e. The van der Waals surface area contributed by atoms with E-state index in [-0.39, 0.29) is 6.04 Å². The van der Waals surface area contributed by atoms with Crippen molar-refractivity contribution in [2.45, 2.75) is 13.0 Å². The van der Waals surface area contributed by atoms with Crippen LogP contribution in [0.2, 0.25) is 5.02 Å². The highest BCUT2D eigenvalue weighted by atomic mass is 35.5. The molecule has 20 heavy (non-hydrogen) atoms. The molecule has 0 bridgehead atoms. The van der Waals surface area contributed by atoms with Crippen molar-refractivity contribution in [3.05, 3.63) is 58.6 Å². The normalized spacial score (nSPS) is 11.7. The molecular weight excluding hydrogens is 270 g/mol. The Morgan fingerprint density at radius 1 is 1.25 bits per heavy atom. The van der Waals surface area contributed by atoms with E-state index in [1.165, 1.54) is 0 Å². The third-order valence-electron chi connectivity index (χ3n) is 3.45. The second-order valence-corrected chi connectivity index (χ2v) is 5.16. The number of hydrogen-bond donors (Lipinski definition) is 1. The van der Waals surface area contributed by atoms with Crippen LogP contribution >= 0.6 is 11.6 Å². The molecule has 4 heteroatoms. The second-order valence-electron chi connectivity index (χ2n) is 4.73. The lowest BCUT2D eigenvalue weighted by atomic mass is 10.1. The number of rotatable bonds is 3. The molecule has 2 rings (SSSR count). The Hall–Kier alpha value is -2.18. The van der Waals surface area contributed by atoms with Gasteiger partial charge in [-0.05, 0) is 42.8 Å². The van der Waals surface area contributed by atoms with Gasteiger partial charge in [-0.25, -0.2) is 0 Å². The highest BCUT2D eigenvalue weighted by Crippen LogP contribution is 2.31. The standard InChI is InChI=1S/C16H16ClN3/c1-11(13-4-3-5-14(17)9-13)20(2)16-8-12(10-18)6-7-15(16)19/h3-9,11H,19H2,1-2H3. The summed E-state index contributed by atoms with van der Waals surface area (Å²) in [6.45, 7) is 2.07. The summed E-state index contributed by atoms with van der Waals surface area (Å²) in [4.78, 5) is 2.04. The van der Waals surface area contributed by atoms with Gasteiger partial charge in [-0.15, -0.1) is 0 Å². The fourth-order valence-electron chi connectivity index (χ4n) is 2.12. The maximum Gasteiger partial charge on any atom is 0.0992 e. The van der Waals surface area contributed by atoms with Crippen LogP contribution in [-0.2, 0) is 0 Å². The molecule has 0 saturated heterocycles. The monoisotopic (exact) mass is 285 g/mol. The molecule has 0 aromatic heterocycles. The Kier molecular flexibility index (Phi) is 4.16. The van der Waals surface area contributed by atoms with Crippen molar-refractivity contribution in [2.24, 2.45) is 0 Å². The van der Waals surface area contributed by atoms with E-state index in [1.54, 1.807) is 18.2 Å². The predicted molar refractivity (Wildman–Crippen MR) is 83.8 cm³/mol. The summed E-state index contributed by atoms with van der Waals surface area (Å²) in [6, 6.07) is 15.3. The van der Waals surface area contributed by atoms with Gasteiger partial charge in [0.05, 0.1) is 29.0 Å². The van der Waals surface area contributed by atoms with Crippen LogP contribution in [0.5, 0.6) is 0 Å². The molecule has 0 spiro atoms. The number of nitrogens with zero attached hydrogens (tertiary/aromatic N) is 2. The first-order valence-corrected chi connectivity index (χ1v) is 6.68. The summed E-state index contributed by atoms with van der Waals surface area (Å²) in [5.74, 6) is 0. The van der Waals surface area contributed by atoms with E-state index in [9.17, 15) is 0 Å². The van der Waals surface area contributed by atoms with Crippen LogP contribution in [-0.4, -0.2) is 7.05 Å². The average Bonchev–Trinajstić information content (AvgIpc) is 2.46. The van der Waals surface area contributed by atoms with Gasteiger partial charge in [0.15, 0.2) is 0 Å². The summed E-state index contributed by atoms with van der Waals surface area (Å²) in [6.07, 6.45) is 0. The van der Waals surface area contributed by atoms with E-state index in [0.717, 1.165) is 11.3 Å². The van der Waals surface area contributed by atoms with Gasteiger partial charge < -0.3 is 10.6 Å². The van der Waals surface area contributed by atoms with E-state index in [1.807, 2.05) is 36.2 Å². The van der Waals surface area contributed by atoms with Gasteiger partial charge in [-0.2, -0.15) is 5.26 Å². The number of benzene rings is 2. The predicted octanol–water partition coefficient (Wildman–Crippen LogP) is 3.99. The number of nitrogen functional groups attached to an aromatic ring is 1. The number of hydrogen-bond acceptors (Lipinski definition) is 3. The molecule has 0 amide bonds. The van der Waals surface area contributed by atoms with Crippen LogP contribution in [0.4, 0.5) is 11.4 Å². The maximum atomic E-state index is 9.00. The lowest BCUT2D eigenvalue weighted by molar-refractivity contribution is 0.741. The molecule has 102 valence electrons. The first-order chi connectivity index (χ1) is 9.52. The van der Waals surface area contributed by atoms with Crippen molar-refractivity contribution in [1.29, 1.82) is 5.26 Å². The van der Waals surface area contributed by atoms with E-state index < -0.39 is 0 Å². The van der Waals surface area contributed by atoms with Crippen molar-refractivity contribution in [1.82, 2.24) is 0 Å². The van der Waals surface area contributed by atoms with Crippen molar-refractivity contribution >= 4 is 23.0 Å². The molecule has 2 aromatic carbocycles. The molecular formula is C16H16ClN3. The highest BCUT2D eigenvalue weighted by molar-refractivity contribution is 6.30. The van der Waals surface area contributed by atoms with Crippen LogP contribution in [0.3, 0.4) is 0 Å².